The van der Waals surface area contributed by atoms with E-state index in [1.807, 2.05) is 18.4 Å². The number of anilines is 1. The number of carbonyl (C=O) groups excluding carboxylic acids is 1. The average Bonchev–Trinajstić information content (AvgIpc) is 3.11. The summed E-state index contributed by atoms with van der Waals surface area (Å²) in [5.74, 6) is -1.66. The van der Waals surface area contributed by atoms with Crippen molar-refractivity contribution < 1.29 is 14.7 Å². The van der Waals surface area contributed by atoms with Crippen molar-refractivity contribution in [3.05, 3.63) is 45.9 Å². The fraction of sp³-hybridized carbons (Fsp3) is 0.312. The van der Waals surface area contributed by atoms with Crippen LogP contribution in [0.2, 0.25) is 0 Å². The largest absolute Gasteiger partial charge is 0.481 e. The smallest absolute Gasteiger partial charge is 0.312 e. The van der Waals surface area contributed by atoms with Gasteiger partial charge < -0.3 is 10.0 Å². The second-order valence-corrected chi connectivity index (χ2v) is 6.16. The topological polar surface area (TPSA) is 70.5 Å². The maximum Gasteiger partial charge on any atom is 0.312 e. The molecule has 114 valence electrons. The molecule has 3 rings (SSSR count). The van der Waals surface area contributed by atoms with Gasteiger partial charge >= 0.3 is 5.97 Å². The lowest BCUT2D eigenvalue weighted by atomic mass is 10.0. The molecule has 0 fully saturated rings. The first kappa shape index (κ1) is 14.7. The Hall–Kier alpha value is -2.21. The fourth-order valence-corrected chi connectivity index (χ4v) is 3.44. The van der Waals surface area contributed by atoms with E-state index in [9.17, 15) is 14.7 Å². The van der Waals surface area contributed by atoms with Crippen molar-refractivity contribution in [3.8, 4) is 0 Å². The van der Waals surface area contributed by atoms with E-state index in [1.165, 1.54) is 0 Å². The molecule has 5 nitrogen and oxygen atoms in total. The lowest BCUT2D eigenvalue weighted by Crippen LogP contribution is -2.32. The van der Waals surface area contributed by atoms with Gasteiger partial charge in [-0.3, -0.25) is 9.59 Å². The maximum atomic E-state index is 12.5. The van der Waals surface area contributed by atoms with E-state index in [1.54, 1.807) is 34.4 Å². The molecule has 0 bridgehead atoms. The standard InChI is InChI=1S/C16H16N2O3S/c1-2-14-17-10(9-22-14)7-15(19)18-8-12(16(20)21)11-5-3-4-6-13(11)18/h3-6,9,12H,2,7-8H2,1H3,(H,20,21). The number of aryl methyl sites for hydroxylation is 1. The number of amides is 1. The number of thiazole rings is 1. The van der Waals surface area contributed by atoms with Crippen LogP contribution in [-0.2, 0) is 22.4 Å². The van der Waals surface area contributed by atoms with Gasteiger partial charge in [-0.15, -0.1) is 11.3 Å². The number of hydrogen-bond donors (Lipinski definition) is 1. The number of fused-ring (bicyclic) bond motifs is 1. The van der Waals surface area contributed by atoms with Crippen molar-refractivity contribution in [2.24, 2.45) is 0 Å². The fourth-order valence-electron chi connectivity index (χ4n) is 2.70. The van der Waals surface area contributed by atoms with Gasteiger partial charge in [0, 0.05) is 17.6 Å². The second-order valence-electron chi connectivity index (χ2n) is 5.22. The molecule has 1 N–H and O–H groups in total. The molecular formula is C16H16N2O3S. The highest BCUT2D eigenvalue weighted by atomic mass is 32.1. The van der Waals surface area contributed by atoms with Crippen LogP contribution in [0, 0.1) is 0 Å². The molecule has 0 aliphatic carbocycles. The number of nitrogens with zero attached hydrogens (tertiary/aromatic N) is 2. The van der Waals surface area contributed by atoms with Gasteiger partial charge in [0.2, 0.25) is 5.91 Å². The van der Waals surface area contributed by atoms with E-state index >= 15 is 0 Å². The summed E-state index contributed by atoms with van der Waals surface area (Å²) in [7, 11) is 0. The highest BCUT2D eigenvalue weighted by Gasteiger charge is 2.36. The zero-order chi connectivity index (χ0) is 15.7. The molecule has 2 heterocycles. The maximum absolute atomic E-state index is 12.5. The number of carboxylic acids is 1. The zero-order valence-corrected chi connectivity index (χ0v) is 13.0. The molecule has 1 unspecified atom stereocenters. The van der Waals surface area contributed by atoms with Gasteiger partial charge in [-0.2, -0.15) is 0 Å². The molecular weight excluding hydrogens is 300 g/mol. The van der Waals surface area contributed by atoms with Crippen molar-refractivity contribution in [2.75, 3.05) is 11.4 Å². The second kappa shape index (κ2) is 5.88. The van der Waals surface area contributed by atoms with E-state index in [4.69, 9.17) is 0 Å². The monoisotopic (exact) mass is 316 g/mol. The minimum absolute atomic E-state index is 0.107. The van der Waals surface area contributed by atoms with Gasteiger partial charge in [-0.05, 0) is 18.1 Å². The summed E-state index contributed by atoms with van der Waals surface area (Å²) in [5, 5.41) is 12.2. The number of aliphatic carboxylic acids is 1. The molecule has 1 aromatic heterocycles. The SMILES string of the molecule is CCc1nc(CC(=O)N2CC(C(=O)O)c3ccccc32)cs1. The molecule has 0 radical (unpaired) electrons. The first-order chi connectivity index (χ1) is 10.6. The predicted molar refractivity (Wildman–Crippen MR) is 84.4 cm³/mol. The summed E-state index contributed by atoms with van der Waals surface area (Å²) < 4.78 is 0. The third kappa shape index (κ3) is 2.62. The van der Waals surface area contributed by atoms with E-state index in [-0.39, 0.29) is 18.9 Å². The van der Waals surface area contributed by atoms with E-state index in [2.05, 4.69) is 4.98 Å². The first-order valence-electron chi connectivity index (χ1n) is 7.15. The Morgan fingerprint density at radius 1 is 1.41 bits per heavy atom. The Labute approximate surface area is 132 Å². The Balaban J connectivity index is 1.83. The number of hydrogen-bond acceptors (Lipinski definition) is 4. The minimum Gasteiger partial charge on any atom is -0.481 e. The first-order valence-corrected chi connectivity index (χ1v) is 8.03. The quantitative estimate of drug-likeness (QED) is 0.940. The van der Waals surface area contributed by atoms with Crippen LogP contribution < -0.4 is 4.90 Å². The van der Waals surface area contributed by atoms with Crippen molar-refractivity contribution in [1.29, 1.82) is 0 Å². The molecule has 6 heteroatoms. The summed E-state index contributed by atoms with van der Waals surface area (Å²) in [4.78, 5) is 29.9. The molecule has 0 saturated heterocycles. The number of para-hydroxylation sites is 1. The molecule has 1 amide bonds. The Kier molecular flexibility index (Phi) is 3.94. The van der Waals surface area contributed by atoms with Crippen LogP contribution in [0.15, 0.2) is 29.6 Å². The summed E-state index contributed by atoms with van der Waals surface area (Å²) in [6.07, 6.45) is 1.06. The van der Waals surface area contributed by atoms with Crippen molar-refractivity contribution in [1.82, 2.24) is 4.98 Å². The van der Waals surface area contributed by atoms with Crippen LogP contribution in [0.5, 0.6) is 0 Å². The van der Waals surface area contributed by atoms with Gasteiger partial charge in [0.25, 0.3) is 0 Å². The van der Waals surface area contributed by atoms with Crippen molar-refractivity contribution in [3.63, 3.8) is 0 Å². The molecule has 22 heavy (non-hydrogen) atoms. The molecule has 1 atom stereocenters. The lowest BCUT2D eigenvalue weighted by Gasteiger charge is -2.16. The third-order valence-corrected chi connectivity index (χ3v) is 4.84. The number of benzene rings is 1. The van der Waals surface area contributed by atoms with Crippen LogP contribution >= 0.6 is 11.3 Å². The Morgan fingerprint density at radius 2 is 2.18 bits per heavy atom. The van der Waals surface area contributed by atoms with Crippen LogP contribution in [0.4, 0.5) is 5.69 Å². The van der Waals surface area contributed by atoms with E-state index in [0.717, 1.165) is 17.1 Å². The predicted octanol–water partition coefficient (Wildman–Crippen LogP) is 2.46. The highest BCUT2D eigenvalue weighted by molar-refractivity contribution is 7.09. The van der Waals surface area contributed by atoms with Crippen LogP contribution in [-0.4, -0.2) is 28.5 Å². The van der Waals surface area contributed by atoms with Crippen LogP contribution in [0.3, 0.4) is 0 Å². The normalized spacial score (nSPS) is 16.6. The molecule has 0 spiro atoms. The van der Waals surface area contributed by atoms with Gasteiger partial charge in [0.05, 0.1) is 17.1 Å². The Morgan fingerprint density at radius 3 is 2.86 bits per heavy atom. The van der Waals surface area contributed by atoms with Crippen molar-refractivity contribution >= 4 is 28.9 Å². The zero-order valence-electron chi connectivity index (χ0n) is 12.2. The lowest BCUT2D eigenvalue weighted by molar-refractivity contribution is -0.138. The summed E-state index contributed by atoms with van der Waals surface area (Å²) in [5.41, 5.74) is 2.16. The van der Waals surface area contributed by atoms with Crippen molar-refractivity contribution in [2.45, 2.75) is 25.7 Å². The number of aromatic nitrogens is 1. The third-order valence-electron chi connectivity index (χ3n) is 3.80. The molecule has 1 aliphatic heterocycles. The van der Waals surface area contributed by atoms with Gasteiger partial charge in [0.1, 0.15) is 5.92 Å². The number of carboxylic acid groups (broad SMARTS) is 1. The van der Waals surface area contributed by atoms with Gasteiger partial charge in [-0.1, -0.05) is 25.1 Å². The van der Waals surface area contributed by atoms with E-state index in [0.29, 0.717) is 11.3 Å². The number of carbonyl (C=O) groups is 2. The van der Waals surface area contributed by atoms with Crippen LogP contribution in [0.1, 0.15) is 29.1 Å². The van der Waals surface area contributed by atoms with Crippen LogP contribution in [0.25, 0.3) is 0 Å². The summed E-state index contributed by atoms with van der Waals surface area (Å²) in [6.45, 7) is 2.22. The minimum atomic E-state index is -0.898. The molecule has 0 saturated carbocycles. The molecule has 1 aliphatic rings. The van der Waals surface area contributed by atoms with Gasteiger partial charge in [0.15, 0.2) is 0 Å². The average molecular weight is 316 g/mol. The Bertz CT molecular complexity index is 726. The van der Waals surface area contributed by atoms with Gasteiger partial charge in [-0.25, -0.2) is 4.98 Å². The van der Waals surface area contributed by atoms with E-state index < -0.39 is 11.9 Å². The molecule has 2 aromatic rings. The summed E-state index contributed by atoms with van der Waals surface area (Å²) >= 11 is 1.55. The molecule has 1 aromatic carbocycles. The highest BCUT2D eigenvalue weighted by Crippen LogP contribution is 2.36. The summed E-state index contributed by atoms with van der Waals surface area (Å²) in [6, 6.07) is 7.20. The number of rotatable bonds is 4.